The number of carboxylic acid groups (broad SMARTS) is 1. The second kappa shape index (κ2) is 4.04. The fourth-order valence-corrected chi connectivity index (χ4v) is 1.60. The summed E-state index contributed by atoms with van der Waals surface area (Å²) in [6, 6.07) is 0. The van der Waals surface area contributed by atoms with E-state index in [1.165, 1.54) is 0 Å². The van der Waals surface area contributed by atoms with Crippen LogP contribution >= 0.6 is 0 Å². The van der Waals surface area contributed by atoms with Crippen molar-refractivity contribution in [1.82, 2.24) is 4.90 Å². The summed E-state index contributed by atoms with van der Waals surface area (Å²) in [6.07, 6.45) is -1.18. The minimum atomic E-state index is -1.18. The zero-order chi connectivity index (χ0) is 11.6. The van der Waals surface area contributed by atoms with Gasteiger partial charge < -0.3 is 14.7 Å². The lowest BCUT2D eigenvalue weighted by molar-refractivity contribution is -0.152. The molecule has 84 valence electrons. The molecule has 1 aliphatic rings. The number of hydrogen-bond donors (Lipinski definition) is 1. The molecule has 1 unspecified atom stereocenters. The molecule has 0 radical (unpaired) electrons. The Kier molecular flexibility index (Phi) is 3.17. The molecule has 1 rings (SSSR count). The Bertz CT molecular complexity index is 312. The summed E-state index contributed by atoms with van der Waals surface area (Å²) in [6.45, 7) is 6.55. The molecule has 0 aromatic rings. The Labute approximate surface area is 88.3 Å². The number of carboxylic acids is 1. The smallest absolute Gasteiger partial charge is 0.339 e. The van der Waals surface area contributed by atoms with E-state index in [2.05, 4.69) is 0 Å². The van der Waals surface area contributed by atoms with Crippen molar-refractivity contribution in [2.45, 2.75) is 32.4 Å². The van der Waals surface area contributed by atoms with Crippen LogP contribution in [0.2, 0.25) is 0 Å². The summed E-state index contributed by atoms with van der Waals surface area (Å²) in [5.41, 5.74) is -0.231. The number of morpholine rings is 1. The summed E-state index contributed by atoms with van der Waals surface area (Å²) in [4.78, 5) is 23.4. The minimum Gasteiger partial charge on any atom is -0.479 e. The first-order valence-electron chi connectivity index (χ1n) is 4.75. The van der Waals surface area contributed by atoms with E-state index >= 15 is 0 Å². The predicted molar refractivity (Wildman–Crippen MR) is 53.0 cm³/mol. The third-order valence-electron chi connectivity index (χ3n) is 2.28. The number of rotatable bonds is 1. The molecule has 0 spiro atoms. The van der Waals surface area contributed by atoms with Gasteiger partial charge in [0.1, 0.15) is 11.6 Å². The first kappa shape index (κ1) is 11.8. The Morgan fingerprint density at radius 1 is 1.60 bits per heavy atom. The molecular formula is C10H15NO4. The largest absolute Gasteiger partial charge is 0.479 e. The molecule has 5 nitrogen and oxygen atoms in total. The van der Waals surface area contributed by atoms with Gasteiger partial charge in [-0.15, -0.1) is 0 Å². The Hall–Kier alpha value is -1.32. The van der Waals surface area contributed by atoms with E-state index in [1.807, 2.05) is 20.8 Å². The second-order valence-corrected chi connectivity index (χ2v) is 4.40. The Morgan fingerprint density at radius 2 is 2.20 bits per heavy atom. The zero-order valence-corrected chi connectivity index (χ0v) is 9.11. The highest BCUT2D eigenvalue weighted by atomic mass is 16.5. The fraction of sp³-hybridized carbons (Fsp3) is 0.700. The molecule has 0 aromatic heterocycles. The SMILES string of the molecule is CC(C)(C)N1CCOC(C(=O)O)C1=C=O. The van der Waals surface area contributed by atoms with Crippen LogP contribution in [0, 0.1) is 0 Å². The van der Waals surface area contributed by atoms with Crippen molar-refractivity contribution in [2.75, 3.05) is 13.2 Å². The molecule has 0 aromatic carbocycles. The third kappa shape index (κ3) is 2.37. The summed E-state index contributed by atoms with van der Waals surface area (Å²) >= 11 is 0. The molecular weight excluding hydrogens is 198 g/mol. The van der Waals surface area contributed by atoms with Crippen molar-refractivity contribution in [3.05, 3.63) is 5.70 Å². The highest BCUT2D eigenvalue weighted by Crippen LogP contribution is 2.24. The molecule has 0 saturated carbocycles. The maximum Gasteiger partial charge on any atom is 0.339 e. The molecule has 1 heterocycles. The van der Waals surface area contributed by atoms with Gasteiger partial charge in [0.15, 0.2) is 0 Å². The topological polar surface area (TPSA) is 66.8 Å². The molecule has 1 aliphatic heterocycles. The third-order valence-corrected chi connectivity index (χ3v) is 2.28. The maximum absolute atomic E-state index is 10.8. The van der Waals surface area contributed by atoms with Crippen LogP contribution in [0.15, 0.2) is 5.70 Å². The van der Waals surface area contributed by atoms with Gasteiger partial charge in [0, 0.05) is 12.1 Å². The van der Waals surface area contributed by atoms with E-state index in [0.29, 0.717) is 13.2 Å². The molecule has 0 amide bonds. The van der Waals surface area contributed by atoms with Gasteiger partial charge in [-0.25, -0.2) is 9.59 Å². The van der Waals surface area contributed by atoms with E-state index in [0.717, 1.165) is 0 Å². The normalized spacial score (nSPS) is 22.5. The van der Waals surface area contributed by atoms with Crippen molar-refractivity contribution in [3.63, 3.8) is 0 Å². The van der Waals surface area contributed by atoms with Crippen molar-refractivity contribution >= 4 is 11.9 Å². The average Bonchev–Trinajstić information content (AvgIpc) is 2.15. The van der Waals surface area contributed by atoms with Crippen LogP contribution < -0.4 is 0 Å². The number of hydrogen-bond acceptors (Lipinski definition) is 4. The Morgan fingerprint density at radius 3 is 2.60 bits per heavy atom. The fourth-order valence-electron chi connectivity index (χ4n) is 1.60. The van der Waals surface area contributed by atoms with Crippen LogP contribution in [0.25, 0.3) is 0 Å². The monoisotopic (exact) mass is 213 g/mol. The highest BCUT2D eigenvalue weighted by molar-refractivity contribution is 5.80. The molecule has 1 saturated heterocycles. The number of ether oxygens (including phenoxy) is 1. The zero-order valence-electron chi connectivity index (χ0n) is 9.11. The van der Waals surface area contributed by atoms with E-state index in [-0.39, 0.29) is 11.2 Å². The number of carbonyl (C=O) groups excluding carboxylic acids is 1. The summed E-state index contributed by atoms with van der Waals surface area (Å²) < 4.78 is 5.03. The maximum atomic E-state index is 10.8. The quantitative estimate of drug-likeness (QED) is 0.634. The van der Waals surface area contributed by atoms with E-state index in [4.69, 9.17) is 9.84 Å². The average molecular weight is 213 g/mol. The van der Waals surface area contributed by atoms with Crippen molar-refractivity contribution in [1.29, 1.82) is 0 Å². The number of carbonyl (C=O) groups is 1. The van der Waals surface area contributed by atoms with Crippen LogP contribution in [-0.4, -0.2) is 46.7 Å². The molecule has 15 heavy (non-hydrogen) atoms. The first-order valence-corrected chi connectivity index (χ1v) is 4.75. The van der Waals surface area contributed by atoms with Gasteiger partial charge in [-0.2, -0.15) is 0 Å². The highest BCUT2D eigenvalue weighted by Gasteiger charge is 2.37. The van der Waals surface area contributed by atoms with Crippen LogP contribution in [0.3, 0.4) is 0 Å². The van der Waals surface area contributed by atoms with E-state index in [9.17, 15) is 9.59 Å². The molecule has 1 atom stereocenters. The molecule has 1 N–H and O–H groups in total. The van der Waals surface area contributed by atoms with Crippen LogP contribution in [0.5, 0.6) is 0 Å². The van der Waals surface area contributed by atoms with E-state index in [1.54, 1.807) is 10.8 Å². The number of aliphatic carboxylic acids is 1. The van der Waals surface area contributed by atoms with Gasteiger partial charge in [0.25, 0.3) is 0 Å². The van der Waals surface area contributed by atoms with Gasteiger partial charge in [-0.05, 0) is 20.8 Å². The molecule has 1 fully saturated rings. The summed E-state index contributed by atoms with van der Waals surface area (Å²) in [7, 11) is 0. The summed E-state index contributed by atoms with van der Waals surface area (Å²) in [5.74, 6) is 0.528. The minimum absolute atomic E-state index is 0.0706. The second-order valence-electron chi connectivity index (χ2n) is 4.40. The predicted octanol–water partition coefficient (Wildman–Crippen LogP) is 0.286. The standard InChI is InChI=1S/C10H15NO4/c1-10(2,3)11-4-5-15-8(9(13)14)7(11)6-12/h8H,4-5H2,1-3H3,(H,13,14). The molecule has 5 heteroatoms. The first-order chi connectivity index (χ1) is 6.88. The van der Waals surface area contributed by atoms with Gasteiger partial charge in [-0.1, -0.05) is 0 Å². The number of nitrogens with zero attached hydrogens (tertiary/aromatic N) is 1. The van der Waals surface area contributed by atoms with Crippen LogP contribution in [-0.2, 0) is 14.3 Å². The van der Waals surface area contributed by atoms with Gasteiger partial charge >= 0.3 is 5.97 Å². The Balaban J connectivity index is 3.01. The van der Waals surface area contributed by atoms with Gasteiger partial charge in [-0.3, -0.25) is 0 Å². The van der Waals surface area contributed by atoms with Crippen molar-refractivity contribution in [2.24, 2.45) is 0 Å². The summed E-state index contributed by atoms with van der Waals surface area (Å²) in [5, 5.41) is 8.87. The molecule has 0 aliphatic carbocycles. The van der Waals surface area contributed by atoms with Crippen molar-refractivity contribution in [3.8, 4) is 0 Å². The van der Waals surface area contributed by atoms with Crippen molar-refractivity contribution < 1.29 is 19.4 Å². The lowest BCUT2D eigenvalue weighted by Gasteiger charge is -2.42. The van der Waals surface area contributed by atoms with E-state index < -0.39 is 12.1 Å². The van der Waals surface area contributed by atoms with Gasteiger partial charge in [0.2, 0.25) is 6.10 Å². The lowest BCUT2D eigenvalue weighted by Crippen LogP contribution is -2.51. The van der Waals surface area contributed by atoms with Gasteiger partial charge in [0.05, 0.1) is 6.61 Å². The molecule has 0 bridgehead atoms. The lowest BCUT2D eigenvalue weighted by atomic mass is 10.0. The van der Waals surface area contributed by atoms with Crippen LogP contribution in [0.4, 0.5) is 0 Å². The van der Waals surface area contributed by atoms with Crippen LogP contribution in [0.1, 0.15) is 20.8 Å².